The fraction of sp³-hybridized carbons (Fsp3) is 0.294. The van der Waals surface area contributed by atoms with Crippen LogP contribution >= 0.6 is 23.2 Å². The van der Waals surface area contributed by atoms with E-state index in [2.05, 4.69) is 12.2 Å². The number of ether oxygens (including phenoxy) is 1. The van der Waals surface area contributed by atoms with Gasteiger partial charge in [0.1, 0.15) is 5.75 Å². The van der Waals surface area contributed by atoms with E-state index in [1.165, 1.54) is 0 Å². The molecule has 0 spiro atoms. The Morgan fingerprint density at radius 1 is 0.905 bits per heavy atom. The van der Waals surface area contributed by atoms with Crippen molar-refractivity contribution in [3.8, 4) is 5.75 Å². The van der Waals surface area contributed by atoms with Gasteiger partial charge in [0.15, 0.2) is 0 Å². The number of halogens is 2. The first-order chi connectivity index (χ1) is 9.95. The van der Waals surface area contributed by atoms with Gasteiger partial charge in [0.05, 0.1) is 16.1 Å². The Hall–Kier alpha value is -1.38. The molecule has 112 valence electrons. The van der Waals surface area contributed by atoms with Crippen LogP contribution in [0.5, 0.6) is 5.75 Å². The van der Waals surface area contributed by atoms with Gasteiger partial charge in [-0.3, -0.25) is 0 Å². The van der Waals surface area contributed by atoms with E-state index >= 15 is 0 Å². The van der Waals surface area contributed by atoms with E-state index in [1.54, 1.807) is 0 Å². The van der Waals surface area contributed by atoms with Gasteiger partial charge < -0.3 is 10.1 Å². The molecule has 1 atom stereocenters. The van der Waals surface area contributed by atoms with E-state index in [9.17, 15) is 0 Å². The number of hydrogen-bond donors (Lipinski definition) is 1. The highest BCUT2D eigenvalue weighted by atomic mass is 35.5. The molecule has 1 N–H and O–H groups in total. The van der Waals surface area contributed by atoms with Gasteiger partial charge in [0.25, 0.3) is 0 Å². The summed E-state index contributed by atoms with van der Waals surface area (Å²) in [7, 11) is 0. The predicted octanol–water partition coefficient (Wildman–Crippen LogP) is 5.95. The summed E-state index contributed by atoms with van der Waals surface area (Å²) in [5.74, 6) is 0.873. The maximum Gasteiger partial charge on any atom is 0.119 e. The smallest absolute Gasteiger partial charge is 0.119 e. The maximum absolute atomic E-state index is 6.05. The van der Waals surface area contributed by atoms with Crippen molar-refractivity contribution >= 4 is 28.9 Å². The third kappa shape index (κ3) is 4.55. The van der Waals surface area contributed by atoms with Gasteiger partial charge >= 0.3 is 0 Å². The first-order valence-electron chi connectivity index (χ1n) is 6.94. The van der Waals surface area contributed by atoms with Crippen LogP contribution in [0.25, 0.3) is 0 Å². The molecule has 2 rings (SSSR count). The molecule has 4 heteroatoms. The largest absolute Gasteiger partial charge is 0.491 e. The average Bonchev–Trinajstić information content (AvgIpc) is 2.43. The van der Waals surface area contributed by atoms with Crippen molar-refractivity contribution < 1.29 is 4.74 Å². The minimum atomic E-state index is 0.136. The zero-order valence-electron chi connectivity index (χ0n) is 12.4. The van der Waals surface area contributed by atoms with Gasteiger partial charge in [-0.25, -0.2) is 0 Å². The number of benzene rings is 2. The summed E-state index contributed by atoms with van der Waals surface area (Å²) >= 11 is 12.0. The van der Waals surface area contributed by atoms with Crippen molar-refractivity contribution in [1.29, 1.82) is 0 Å². The Kier molecular flexibility index (Phi) is 5.38. The molecule has 0 amide bonds. The lowest BCUT2D eigenvalue weighted by molar-refractivity contribution is 0.242. The van der Waals surface area contributed by atoms with Crippen LogP contribution in [0.2, 0.25) is 10.0 Å². The Morgan fingerprint density at radius 3 is 2.14 bits per heavy atom. The Bertz CT molecular complexity index is 596. The standard InChI is InChI=1S/C17H19Cl2NO/c1-11(2)21-15-7-5-14(6-8-15)20-12(3)13-4-9-16(18)17(19)10-13/h4-12,20H,1-3H3. The Balaban J connectivity index is 2.04. The molecular weight excluding hydrogens is 305 g/mol. The highest BCUT2D eigenvalue weighted by Gasteiger charge is 2.08. The van der Waals surface area contributed by atoms with Crippen LogP contribution in [0.15, 0.2) is 42.5 Å². The normalized spacial score (nSPS) is 12.3. The number of rotatable bonds is 5. The molecule has 21 heavy (non-hydrogen) atoms. The molecule has 0 saturated heterocycles. The fourth-order valence-corrected chi connectivity index (χ4v) is 2.32. The monoisotopic (exact) mass is 323 g/mol. The lowest BCUT2D eigenvalue weighted by Crippen LogP contribution is -2.07. The van der Waals surface area contributed by atoms with E-state index in [0.29, 0.717) is 10.0 Å². The molecule has 0 aliphatic heterocycles. The van der Waals surface area contributed by atoms with E-state index in [0.717, 1.165) is 17.0 Å². The SMILES string of the molecule is CC(C)Oc1ccc(NC(C)c2ccc(Cl)c(Cl)c2)cc1. The zero-order valence-corrected chi connectivity index (χ0v) is 13.9. The second kappa shape index (κ2) is 7.06. The first-order valence-corrected chi connectivity index (χ1v) is 7.69. The van der Waals surface area contributed by atoms with Crippen LogP contribution in [-0.4, -0.2) is 6.10 Å². The van der Waals surface area contributed by atoms with Gasteiger partial charge in [-0.1, -0.05) is 29.3 Å². The highest BCUT2D eigenvalue weighted by molar-refractivity contribution is 6.42. The molecule has 0 fully saturated rings. The molecule has 0 radical (unpaired) electrons. The topological polar surface area (TPSA) is 21.3 Å². The molecule has 2 aromatic rings. The van der Waals surface area contributed by atoms with Gasteiger partial charge in [0, 0.05) is 11.7 Å². The third-order valence-electron chi connectivity index (χ3n) is 3.05. The van der Waals surface area contributed by atoms with Gasteiger partial charge in [-0.05, 0) is 62.7 Å². The molecule has 2 aromatic carbocycles. The molecule has 2 nitrogen and oxygen atoms in total. The third-order valence-corrected chi connectivity index (χ3v) is 3.79. The summed E-state index contributed by atoms with van der Waals surface area (Å²) in [5.41, 5.74) is 2.12. The average molecular weight is 324 g/mol. The lowest BCUT2D eigenvalue weighted by atomic mass is 10.1. The molecule has 0 saturated carbocycles. The molecule has 1 unspecified atom stereocenters. The van der Waals surface area contributed by atoms with Crippen LogP contribution in [0.3, 0.4) is 0 Å². The molecule has 0 bridgehead atoms. The van der Waals surface area contributed by atoms with Crippen LogP contribution in [0, 0.1) is 0 Å². The number of nitrogens with one attached hydrogen (secondary N) is 1. The van der Waals surface area contributed by atoms with Crippen molar-refractivity contribution in [2.24, 2.45) is 0 Å². The summed E-state index contributed by atoms with van der Waals surface area (Å²) in [6.07, 6.45) is 0.180. The Labute approximate surface area is 136 Å². The lowest BCUT2D eigenvalue weighted by Gasteiger charge is -2.17. The fourth-order valence-electron chi connectivity index (χ4n) is 2.02. The summed E-state index contributed by atoms with van der Waals surface area (Å²) in [4.78, 5) is 0. The highest BCUT2D eigenvalue weighted by Crippen LogP contribution is 2.27. The predicted molar refractivity (Wildman–Crippen MR) is 90.7 cm³/mol. The van der Waals surface area contributed by atoms with Gasteiger partial charge in [0.2, 0.25) is 0 Å². The summed E-state index contributed by atoms with van der Waals surface area (Å²) in [5, 5.41) is 4.57. The second-order valence-corrected chi connectivity index (χ2v) is 6.04. The molecule has 0 aliphatic carbocycles. The van der Waals surface area contributed by atoms with Gasteiger partial charge in [-0.2, -0.15) is 0 Å². The van der Waals surface area contributed by atoms with Gasteiger partial charge in [-0.15, -0.1) is 0 Å². The summed E-state index contributed by atoms with van der Waals surface area (Å²) < 4.78 is 5.63. The van der Waals surface area contributed by atoms with Crippen molar-refractivity contribution in [3.63, 3.8) is 0 Å². The van der Waals surface area contributed by atoms with Crippen LogP contribution in [-0.2, 0) is 0 Å². The van der Waals surface area contributed by atoms with E-state index in [4.69, 9.17) is 27.9 Å². The first kappa shape index (κ1) is 16.0. The minimum absolute atomic E-state index is 0.136. The van der Waals surface area contributed by atoms with Crippen LogP contribution < -0.4 is 10.1 Å². The quantitative estimate of drug-likeness (QED) is 0.733. The van der Waals surface area contributed by atoms with Crippen LogP contribution in [0.4, 0.5) is 5.69 Å². The minimum Gasteiger partial charge on any atom is -0.491 e. The van der Waals surface area contributed by atoms with E-state index in [1.807, 2.05) is 56.3 Å². The number of hydrogen-bond acceptors (Lipinski definition) is 2. The molecular formula is C17H19Cl2NO. The van der Waals surface area contributed by atoms with Crippen molar-refractivity contribution in [2.45, 2.75) is 32.9 Å². The zero-order chi connectivity index (χ0) is 15.4. The number of anilines is 1. The van der Waals surface area contributed by atoms with Crippen molar-refractivity contribution in [2.75, 3.05) is 5.32 Å². The van der Waals surface area contributed by atoms with Crippen LogP contribution in [0.1, 0.15) is 32.4 Å². The molecule has 0 aliphatic rings. The Morgan fingerprint density at radius 2 is 1.57 bits per heavy atom. The van der Waals surface area contributed by atoms with Crippen molar-refractivity contribution in [3.05, 3.63) is 58.1 Å². The van der Waals surface area contributed by atoms with E-state index < -0.39 is 0 Å². The molecule has 0 aromatic heterocycles. The van der Waals surface area contributed by atoms with E-state index in [-0.39, 0.29) is 12.1 Å². The maximum atomic E-state index is 6.05. The summed E-state index contributed by atoms with van der Waals surface area (Å²) in [6, 6.07) is 13.7. The second-order valence-electron chi connectivity index (χ2n) is 5.23. The van der Waals surface area contributed by atoms with Crippen molar-refractivity contribution in [1.82, 2.24) is 0 Å². The summed E-state index contributed by atoms with van der Waals surface area (Å²) in [6.45, 7) is 6.11. The molecule has 0 heterocycles.